The molecule has 0 saturated heterocycles. The Labute approximate surface area is 112 Å². The van der Waals surface area contributed by atoms with E-state index in [1.54, 1.807) is 12.1 Å². The van der Waals surface area contributed by atoms with Gasteiger partial charge in [0, 0.05) is 12.0 Å². The molecule has 0 radical (unpaired) electrons. The van der Waals surface area contributed by atoms with Gasteiger partial charge in [-0.05, 0) is 12.1 Å². The highest BCUT2D eigenvalue weighted by Gasteiger charge is 2.14. The summed E-state index contributed by atoms with van der Waals surface area (Å²) in [5.74, 6) is 4.02. The summed E-state index contributed by atoms with van der Waals surface area (Å²) < 4.78 is 1.84. The first-order valence-electron chi connectivity index (χ1n) is 6.00. The lowest BCUT2D eigenvalue weighted by molar-refractivity contribution is 0.769. The van der Waals surface area contributed by atoms with Crippen LogP contribution in [0.25, 0.3) is 11.3 Å². The number of nitrogens with zero attached hydrogens (tertiary/aromatic N) is 3. The molecule has 0 fully saturated rings. The standard InChI is InChI=1S/C15H14N4/c1-3-9-19-13(4-2)18-14(15(19)17)12-7-5-11(10-16)6-8-12/h1,5-8H,4,9,17H2,2H3. The van der Waals surface area contributed by atoms with Gasteiger partial charge in [-0.3, -0.25) is 0 Å². The third-order valence-corrected chi connectivity index (χ3v) is 2.94. The fourth-order valence-corrected chi connectivity index (χ4v) is 1.97. The molecule has 4 heteroatoms. The largest absolute Gasteiger partial charge is 0.383 e. The minimum Gasteiger partial charge on any atom is -0.383 e. The minimum absolute atomic E-state index is 0.415. The van der Waals surface area contributed by atoms with Crippen LogP contribution in [0.3, 0.4) is 0 Å². The first-order valence-corrected chi connectivity index (χ1v) is 6.00. The zero-order valence-corrected chi connectivity index (χ0v) is 10.7. The van der Waals surface area contributed by atoms with Crippen LogP contribution in [0.1, 0.15) is 18.3 Å². The van der Waals surface area contributed by atoms with Crippen molar-refractivity contribution in [3.63, 3.8) is 0 Å². The van der Waals surface area contributed by atoms with E-state index in [1.165, 1.54) is 0 Å². The van der Waals surface area contributed by atoms with Gasteiger partial charge in [-0.2, -0.15) is 5.26 Å². The highest BCUT2D eigenvalue weighted by molar-refractivity contribution is 5.71. The van der Waals surface area contributed by atoms with Crippen molar-refractivity contribution in [3.8, 4) is 29.7 Å². The van der Waals surface area contributed by atoms with Crippen LogP contribution in [-0.4, -0.2) is 9.55 Å². The monoisotopic (exact) mass is 250 g/mol. The first kappa shape index (κ1) is 12.7. The van der Waals surface area contributed by atoms with Crippen molar-refractivity contribution in [3.05, 3.63) is 35.7 Å². The third-order valence-electron chi connectivity index (χ3n) is 2.94. The quantitative estimate of drug-likeness (QED) is 0.849. The summed E-state index contributed by atoms with van der Waals surface area (Å²) in [5.41, 5.74) is 8.33. The molecule has 1 aromatic heterocycles. The van der Waals surface area contributed by atoms with Gasteiger partial charge >= 0.3 is 0 Å². The van der Waals surface area contributed by atoms with Gasteiger partial charge < -0.3 is 10.3 Å². The summed E-state index contributed by atoms with van der Waals surface area (Å²) in [5, 5.41) is 8.79. The van der Waals surface area contributed by atoms with E-state index in [0.717, 1.165) is 23.5 Å². The molecule has 0 atom stereocenters. The van der Waals surface area contributed by atoms with Gasteiger partial charge in [0.2, 0.25) is 0 Å². The third kappa shape index (κ3) is 2.29. The lowest BCUT2D eigenvalue weighted by Crippen LogP contribution is -2.05. The van der Waals surface area contributed by atoms with Crippen LogP contribution in [0.5, 0.6) is 0 Å². The molecule has 0 spiro atoms. The van der Waals surface area contributed by atoms with Gasteiger partial charge in [0.25, 0.3) is 0 Å². The van der Waals surface area contributed by atoms with Gasteiger partial charge in [-0.1, -0.05) is 25.0 Å². The number of hydrogen-bond donors (Lipinski definition) is 1. The van der Waals surface area contributed by atoms with Gasteiger partial charge in [-0.25, -0.2) is 4.98 Å². The fourth-order valence-electron chi connectivity index (χ4n) is 1.97. The van der Waals surface area contributed by atoms with Gasteiger partial charge in [-0.15, -0.1) is 6.42 Å². The molecule has 0 amide bonds. The number of benzene rings is 1. The zero-order chi connectivity index (χ0) is 13.8. The molecule has 1 aromatic carbocycles. The topological polar surface area (TPSA) is 67.6 Å². The van der Waals surface area contributed by atoms with Crippen molar-refractivity contribution >= 4 is 5.82 Å². The maximum absolute atomic E-state index is 8.79. The summed E-state index contributed by atoms with van der Waals surface area (Å²) in [6.07, 6.45) is 6.11. The van der Waals surface area contributed by atoms with Gasteiger partial charge in [0.05, 0.1) is 18.2 Å². The van der Waals surface area contributed by atoms with Gasteiger partial charge in [0.1, 0.15) is 17.3 Å². The van der Waals surface area contributed by atoms with E-state index in [2.05, 4.69) is 17.0 Å². The number of aromatic nitrogens is 2. The maximum atomic E-state index is 8.79. The van der Waals surface area contributed by atoms with E-state index in [-0.39, 0.29) is 0 Å². The molecule has 1 heterocycles. The van der Waals surface area contributed by atoms with Crippen LogP contribution in [0.15, 0.2) is 24.3 Å². The molecule has 2 N–H and O–H groups in total. The second-order valence-electron chi connectivity index (χ2n) is 4.09. The number of aryl methyl sites for hydroxylation is 1. The van der Waals surface area contributed by atoms with Crippen LogP contribution in [0, 0.1) is 23.7 Å². The molecule has 0 saturated carbocycles. The van der Waals surface area contributed by atoms with E-state index in [4.69, 9.17) is 17.4 Å². The molecule has 4 nitrogen and oxygen atoms in total. The van der Waals surface area contributed by atoms with Crippen molar-refractivity contribution < 1.29 is 0 Å². The summed E-state index contributed by atoms with van der Waals surface area (Å²) >= 11 is 0. The Morgan fingerprint density at radius 3 is 2.58 bits per heavy atom. The van der Waals surface area contributed by atoms with Crippen LogP contribution < -0.4 is 5.73 Å². The number of terminal acetylenes is 1. The highest BCUT2D eigenvalue weighted by Crippen LogP contribution is 2.26. The average Bonchev–Trinajstić information content (AvgIpc) is 2.76. The lowest BCUT2D eigenvalue weighted by atomic mass is 10.1. The van der Waals surface area contributed by atoms with E-state index < -0.39 is 0 Å². The number of anilines is 1. The van der Waals surface area contributed by atoms with Gasteiger partial charge in [0.15, 0.2) is 0 Å². The van der Waals surface area contributed by atoms with Crippen molar-refractivity contribution in [2.75, 3.05) is 5.73 Å². The molecule has 0 aliphatic carbocycles. The Morgan fingerprint density at radius 1 is 1.37 bits per heavy atom. The SMILES string of the molecule is C#CCn1c(CC)nc(-c2ccc(C#N)cc2)c1N. The number of rotatable bonds is 3. The smallest absolute Gasteiger partial charge is 0.132 e. The van der Waals surface area contributed by atoms with Crippen molar-refractivity contribution in [2.45, 2.75) is 19.9 Å². The lowest BCUT2D eigenvalue weighted by Gasteiger charge is -2.04. The Hall–Kier alpha value is -2.72. The molecule has 0 bridgehead atoms. The molecule has 0 aliphatic heterocycles. The Balaban J connectivity index is 2.50. The second-order valence-corrected chi connectivity index (χ2v) is 4.09. The maximum Gasteiger partial charge on any atom is 0.132 e. The van der Waals surface area contributed by atoms with Crippen molar-refractivity contribution in [2.24, 2.45) is 0 Å². The molecule has 94 valence electrons. The van der Waals surface area contributed by atoms with Crippen molar-refractivity contribution in [1.29, 1.82) is 5.26 Å². The normalized spacial score (nSPS) is 9.84. The van der Waals surface area contributed by atoms with Crippen molar-refractivity contribution in [1.82, 2.24) is 9.55 Å². The molecular weight excluding hydrogens is 236 g/mol. The molecule has 0 aliphatic rings. The molecular formula is C15H14N4. The number of nitrogen functional groups attached to an aromatic ring is 1. The number of imidazole rings is 1. The summed E-state index contributed by atoms with van der Waals surface area (Å²) in [7, 11) is 0. The van der Waals surface area contributed by atoms with E-state index >= 15 is 0 Å². The van der Waals surface area contributed by atoms with Crippen LogP contribution in [0.4, 0.5) is 5.82 Å². The summed E-state index contributed by atoms with van der Waals surface area (Å²) in [4.78, 5) is 4.53. The predicted molar refractivity (Wildman–Crippen MR) is 75.0 cm³/mol. The summed E-state index contributed by atoms with van der Waals surface area (Å²) in [6.45, 7) is 2.43. The second kappa shape index (κ2) is 5.29. The molecule has 2 rings (SSSR count). The molecule has 2 aromatic rings. The Bertz CT molecular complexity index is 666. The summed E-state index contributed by atoms with van der Waals surface area (Å²) in [6, 6.07) is 9.27. The Morgan fingerprint density at radius 2 is 2.05 bits per heavy atom. The van der Waals surface area contributed by atoms with E-state index in [9.17, 15) is 0 Å². The fraction of sp³-hybridized carbons (Fsp3) is 0.200. The number of nitrogens with two attached hydrogens (primary N) is 1. The van der Waals surface area contributed by atoms with E-state index in [0.29, 0.717) is 17.9 Å². The number of nitriles is 1. The van der Waals surface area contributed by atoms with Crippen LogP contribution in [-0.2, 0) is 13.0 Å². The highest BCUT2D eigenvalue weighted by atomic mass is 15.1. The average molecular weight is 250 g/mol. The van der Waals surface area contributed by atoms with Crippen LogP contribution >= 0.6 is 0 Å². The Kier molecular flexibility index (Phi) is 3.54. The predicted octanol–water partition coefficient (Wildman–Crippen LogP) is 2.20. The zero-order valence-electron chi connectivity index (χ0n) is 10.7. The molecule has 19 heavy (non-hydrogen) atoms. The molecule has 0 unspecified atom stereocenters. The first-order chi connectivity index (χ1) is 9.21. The van der Waals surface area contributed by atoms with E-state index in [1.807, 2.05) is 23.6 Å². The number of hydrogen-bond acceptors (Lipinski definition) is 3. The van der Waals surface area contributed by atoms with Crippen LogP contribution in [0.2, 0.25) is 0 Å². The minimum atomic E-state index is 0.415.